The summed E-state index contributed by atoms with van der Waals surface area (Å²) < 4.78 is 0. The van der Waals surface area contributed by atoms with Crippen LogP contribution in [0.5, 0.6) is 0 Å². The Bertz CT molecular complexity index is 640. The number of anilines is 4. The maximum absolute atomic E-state index is 9.17. The Morgan fingerprint density at radius 3 is 2.18 bits per heavy atom. The van der Waals surface area contributed by atoms with E-state index in [0.29, 0.717) is 18.8 Å². The van der Waals surface area contributed by atoms with Crippen LogP contribution in [0.3, 0.4) is 0 Å². The molecule has 0 aliphatic carbocycles. The Balaban J connectivity index is 1.78. The second kappa shape index (κ2) is 7.95. The topological polar surface area (TPSA) is 96.3 Å². The maximum atomic E-state index is 9.17. The van der Waals surface area contributed by atoms with Crippen molar-refractivity contribution in [3.8, 4) is 0 Å². The second-order valence-electron chi connectivity index (χ2n) is 4.86. The van der Waals surface area contributed by atoms with Crippen molar-refractivity contribution in [2.45, 2.75) is 6.61 Å². The summed E-state index contributed by atoms with van der Waals surface area (Å²) in [6.07, 6.45) is 4.03. The molecule has 116 valence electrons. The van der Waals surface area contributed by atoms with Crippen LogP contribution >= 0.6 is 0 Å². The summed E-state index contributed by atoms with van der Waals surface area (Å²) in [5.41, 5.74) is 15.6. The molecule has 2 aromatic rings. The van der Waals surface area contributed by atoms with Crippen LogP contribution < -0.4 is 22.1 Å². The van der Waals surface area contributed by atoms with Gasteiger partial charge in [-0.25, -0.2) is 0 Å². The van der Waals surface area contributed by atoms with Crippen molar-refractivity contribution < 1.29 is 5.11 Å². The number of aliphatic hydroxyl groups is 1. The van der Waals surface area contributed by atoms with E-state index in [2.05, 4.69) is 10.6 Å². The molecule has 0 aromatic heterocycles. The van der Waals surface area contributed by atoms with Crippen LogP contribution in [0, 0.1) is 0 Å². The van der Waals surface area contributed by atoms with Gasteiger partial charge in [-0.3, -0.25) is 0 Å². The van der Waals surface area contributed by atoms with E-state index >= 15 is 0 Å². The van der Waals surface area contributed by atoms with Crippen molar-refractivity contribution in [2.24, 2.45) is 0 Å². The number of hydrogen-bond donors (Lipinski definition) is 5. The number of nitrogen functional groups attached to an aromatic ring is 2. The molecule has 5 heteroatoms. The van der Waals surface area contributed by atoms with Gasteiger partial charge in [-0.2, -0.15) is 0 Å². The van der Waals surface area contributed by atoms with Crippen LogP contribution in [-0.4, -0.2) is 18.2 Å². The minimum Gasteiger partial charge on any atom is -0.397 e. The molecule has 2 rings (SSSR count). The standard InChI is InChI=1S/C17H22N4O/c18-14-7-1-2-8-15(14)20-10-3-4-11-21-16-9-5-6-13(12-22)17(16)19/h1-9,20-22H,10-12,18-19H2. The molecule has 0 aliphatic heterocycles. The molecule has 0 unspecified atom stereocenters. The van der Waals surface area contributed by atoms with E-state index in [0.717, 1.165) is 22.6 Å². The molecule has 22 heavy (non-hydrogen) atoms. The van der Waals surface area contributed by atoms with E-state index in [1.54, 1.807) is 0 Å². The summed E-state index contributed by atoms with van der Waals surface area (Å²) >= 11 is 0. The first kappa shape index (κ1) is 15.7. The van der Waals surface area contributed by atoms with Gasteiger partial charge in [-0.1, -0.05) is 36.4 Å². The average Bonchev–Trinajstić information content (AvgIpc) is 2.53. The van der Waals surface area contributed by atoms with Gasteiger partial charge < -0.3 is 27.2 Å². The third-order valence-electron chi connectivity index (χ3n) is 3.31. The molecule has 0 saturated heterocycles. The van der Waals surface area contributed by atoms with Gasteiger partial charge in [0.1, 0.15) is 0 Å². The fourth-order valence-corrected chi connectivity index (χ4v) is 2.07. The maximum Gasteiger partial charge on any atom is 0.0702 e. The number of nitrogens with one attached hydrogen (secondary N) is 2. The first-order valence-corrected chi connectivity index (χ1v) is 7.18. The van der Waals surface area contributed by atoms with Crippen LogP contribution in [0.25, 0.3) is 0 Å². The summed E-state index contributed by atoms with van der Waals surface area (Å²) in [5.74, 6) is 0. The largest absolute Gasteiger partial charge is 0.397 e. The highest BCUT2D eigenvalue weighted by Crippen LogP contribution is 2.22. The number of hydrogen-bond acceptors (Lipinski definition) is 5. The highest BCUT2D eigenvalue weighted by atomic mass is 16.3. The van der Waals surface area contributed by atoms with E-state index in [1.807, 2.05) is 54.6 Å². The molecular weight excluding hydrogens is 276 g/mol. The molecule has 0 radical (unpaired) electrons. The van der Waals surface area contributed by atoms with Crippen molar-refractivity contribution in [2.75, 3.05) is 35.2 Å². The van der Waals surface area contributed by atoms with E-state index < -0.39 is 0 Å². The predicted molar refractivity (Wildman–Crippen MR) is 93.8 cm³/mol. The van der Waals surface area contributed by atoms with Gasteiger partial charge in [0.05, 0.1) is 29.4 Å². The average molecular weight is 298 g/mol. The molecule has 0 saturated carbocycles. The quantitative estimate of drug-likeness (QED) is 0.399. The lowest BCUT2D eigenvalue weighted by Crippen LogP contribution is -2.05. The van der Waals surface area contributed by atoms with Crippen molar-refractivity contribution in [3.05, 3.63) is 60.2 Å². The Hall–Kier alpha value is -2.66. The van der Waals surface area contributed by atoms with Crippen LogP contribution in [0.2, 0.25) is 0 Å². The first-order valence-electron chi connectivity index (χ1n) is 7.18. The van der Waals surface area contributed by atoms with Gasteiger partial charge in [0, 0.05) is 18.7 Å². The molecule has 0 spiro atoms. The van der Waals surface area contributed by atoms with E-state index in [1.165, 1.54) is 0 Å². The van der Waals surface area contributed by atoms with Crippen molar-refractivity contribution >= 4 is 22.7 Å². The number of rotatable bonds is 7. The monoisotopic (exact) mass is 298 g/mol. The van der Waals surface area contributed by atoms with Gasteiger partial charge in [0.15, 0.2) is 0 Å². The van der Waals surface area contributed by atoms with Crippen LogP contribution in [0.4, 0.5) is 22.7 Å². The molecule has 0 amide bonds. The fourth-order valence-electron chi connectivity index (χ4n) is 2.07. The van der Waals surface area contributed by atoms with E-state index in [4.69, 9.17) is 11.5 Å². The number of benzene rings is 2. The third kappa shape index (κ3) is 4.17. The van der Waals surface area contributed by atoms with Crippen LogP contribution in [-0.2, 0) is 6.61 Å². The first-order chi connectivity index (χ1) is 10.7. The molecular formula is C17H22N4O. The Kier molecular flexibility index (Phi) is 5.68. The number of nitrogens with two attached hydrogens (primary N) is 2. The smallest absolute Gasteiger partial charge is 0.0702 e. The summed E-state index contributed by atoms with van der Waals surface area (Å²) in [5, 5.41) is 15.6. The second-order valence-corrected chi connectivity index (χ2v) is 4.86. The summed E-state index contributed by atoms with van der Waals surface area (Å²) in [7, 11) is 0. The Morgan fingerprint density at radius 2 is 1.50 bits per heavy atom. The third-order valence-corrected chi connectivity index (χ3v) is 3.31. The van der Waals surface area contributed by atoms with Gasteiger partial charge in [-0.05, 0) is 18.2 Å². The summed E-state index contributed by atoms with van der Waals surface area (Å²) in [6, 6.07) is 13.2. The highest BCUT2D eigenvalue weighted by molar-refractivity contribution is 5.70. The summed E-state index contributed by atoms with van der Waals surface area (Å²) in [4.78, 5) is 0. The Labute approximate surface area is 130 Å². The van der Waals surface area contributed by atoms with Crippen molar-refractivity contribution in [1.29, 1.82) is 0 Å². The number of aliphatic hydroxyl groups excluding tert-OH is 1. The lowest BCUT2D eigenvalue weighted by Gasteiger charge is -2.10. The van der Waals surface area contributed by atoms with Crippen molar-refractivity contribution in [3.63, 3.8) is 0 Å². The number of para-hydroxylation sites is 3. The Morgan fingerprint density at radius 1 is 0.864 bits per heavy atom. The minimum absolute atomic E-state index is 0.0559. The predicted octanol–water partition coefficient (Wildman–Crippen LogP) is 2.42. The zero-order valence-corrected chi connectivity index (χ0v) is 12.4. The lowest BCUT2D eigenvalue weighted by atomic mass is 10.1. The van der Waals surface area contributed by atoms with E-state index in [-0.39, 0.29) is 6.61 Å². The molecule has 0 atom stereocenters. The van der Waals surface area contributed by atoms with Crippen LogP contribution in [0.15, 0.2) is 54.6 Å². The molecule has 2 aromatic carbocycles. The fraction of sp³-hybridized carbons (Fsp3) is 0.176. The zero-order chi connectivity index (χ0) is 15.8. The van der Waals surface area contributed by atoms with E-state index in [9.17, 15) is 5.11 Å². The van der Waals surface area contributed by atoms with Gasteiger partial charge in [0.2, 0.25) is 0 Å². The molecule has 5 nitrogen and oxygen atoms in total. The van der Waals surface area contributed by atoms with Crippen molar-refractivity contribution in [1.82, 2.24) is 0 Å². The normalized spacial score (nSPS) is 10.8. The molecule has 0 fully saturated rings. The van der Waals surface area contributed by atoms with Gasteiger partial charge in [0.25, 0.3) is 0 Å². The SMILES string of the molecule is Nc1ccccc1NCC=CCNc1cccc(CO)c1N. The highest BCUT2D eigenvalue weighted by Gasteiger charge is 2.02. The van der Waals surface area contributed by atoms with Gasteiger partial charge in [-0.15, -0.1) is 0 Å². The van der Waals surface area contributed by atoms with Crippen LogP contribution in [0.1, 0.15) is 5.56 Å². The van der Waals surface area contributed by atoms with Gasteiger partial charge >= 0.3 is 0 Å². The molecule has 7 N–H and O–H groups in total. The molecule has 0 aliphatic rings. The zero-order valence-electron chi connectivity index (χ0n) is 12.4. The minimum atomic E-state index is -0.0559. The summed E-state index contributed by atoms with van der Waals surface area (Å²) in [6.45, 7) is 1.30. The molecule has 0 bridgehead atoms. The lowest BCUT2D eigenvalue weighted by molar-refractivity contribution is 0.282. The molecule has 0 heterocycles.